The highest BCUT2D eigenvalue weighted by atomic mass is 35.5. The number of hydrogen-bond donors (Lipinski definition) is 2. The molecule has 0 saturated heterocycles. The Morgan fingerprint density at radius 2 is 2.27 bits per heavy atom. The lowest BCUT2D eigenvalue weighted by Gasteiger charge is -2.32. The van der Waals surface area contributed by atoms with E-state index in [4.69, 9.17) is 22.4 Å². The Bertz CT molecular complexity index is 419. The van der Waals surface area contributed by atoms with Crippen molar-refractivity contribution < 1.29 is 9.90 Å². The van der Waals surface area contributed by atoms with Crippen LogP contribution in [0.25, 0.3) is 0 Å². The van der Waals surface area contributed by atoms with Crippen LogP contribution in [0.4, 0.5) is 0 Å². The molecule has 1 aliphatic carbocycles. The molecule has 80 valence electrons. The van der Waals surface area contributed by atoms with Crippen LogP contribution < -0.4 is 5.73 Å². The molecule has 1 aromatic rings. The molecule has 0 amide bonds. The van der Waals surface area contributed by atoms with E-state index < -0.39 is 11.5 Å². The van der Waals surface area contributed by atoms with Gasteiger partial charge < -0.3 is 10.8 Å². The van der Waals surface area contributed by atoms with E-state index in [0.717, 1.165) is 18.4 Å². The van der Waals surface area contributed by atoms with Gasteiger partial charge in [0, 0.05) is 5.02 Å². The highest BCUT2D eigenvalue weighted by molar-refractivity contribution is 6.31. The van der Waals surface area contributed by atoms with Crippen molar-refractivity contribution in [2.75, 3.05) is 0 Å². The molecular weight excluding hydrogens is 214 g/mol. The number of fused-ring (bicyclic) bond motifs is 1. The second-order valence-electron chi connectivity index (χ2n) is 3.90. The van der Waals surface area contributed by atoms with Crippen molar-refractivity contribution >= 4 is 17.6 Å². The summed E-state index contributed by atoms with van der Waals surface area (Å²) in [6, 6.07) is 5.28. The molecule has 0 saturated carbocycles. The number of nitrogens with two attached hydrogens (primary N) is 1. The predicted molar refractivity (Wildman–Crippen MR) is 57.9 cm³/mol. The van der Waals surface area contributed by atoms with E-state index in [1.165, 1.54) is 0 Å². The van der Waals surface area contributed by atoms with E-state index in [1.54, 1.807) is 18.2 Å². The summed E-state index contributed by atoms with van der Waals surface area (Å²) in [6.45, 7) is 0. The van der Waals surface area contributed by atoms with Gasteiger partial charge in [0.25, 0.3) is 0 Å². The normalized spacial score (nSPS) is 24.7. The molecule has 2 rings (SSSR count). The Hall–Kier alpha value is -1.06. The van der Waals surface area contributed by atoms with Gasteiger partial charge in [0.05, 0.1) is 0 Å². The van der Waals surface area contributed by atoms with Crippen molar-refractivity contribution in [2.45, 2.75) is 24.8 Å². The number of halogens is 1. The first kappa shape index (κ1) is 10.5. The zero-order chi connectivity index (χ0) is 11.1. The third-order valence-electron chi connectivity index (χ3n) is 2.98. The molecular formula is C11H12ClNO2. The Morgan fingerprint density at radius 3 is 2.93 bits per heavy atom. The summed E-state index contributed by atoms with van der Waals surface area (Å²) < 4.78 is 0. The van der Waals surface area contributed by atoms with Gasteiger partial charge >= 0.3 is 5.97 Å². The first-order chi connectivity index (χ1) is 7.05. The van der Waals surface area contributed by atoms with Crippen LogP contribution in [0.5, 0.6) is 0 Å². The van der Waals surface area contributed by atoms with Crippen molar-refractivity contribution in [2.24, 2.45) is 5.73 Å². The van der Waals surface area contributed by atoms with Crippen molar-refractivity contribution in [3.8, 4) is 0 Å². The standard InChI is InChI=1S/C11H12ClNO2/c12-9-5-1-4-8-7(9)3-2-6-11(8,13)10(14)15/h1,4-5H,2-3,6,13H2,(H,14,15). The number of aliphatic carboxylic acids is 1. The molecule has 15 heavy (non-hydrogen) atoms. The summed E-state index contributed by atoms with van der Waals surface area (Å²) in [7, 11) is 0. The Labute approximate surface area is 92.8 Å². The van der Waals surface area contributed by atoms with Crippen molar-refractivity contribution in [1.29, 1.82) is 0 Å². The van der Waals surface area contributed by atoms with E-state index in [0.29, 0.717) is 17.0 Å². The number of rotatable bonds is 1. The Kier molecular flexibility index (Phi) is 2.44. The Balaban J connectivity index is 2.61. The maximum absolute atomic E-state index is 11.2. The number of hydrogen-bond acceptors (Lipinski definition) is 2. The fourth-order valence-corrected chi connectivity index (χ4v) is 2.40. The average molecular weight is 226 g/mol. The predicted octanol–water partition coefficient (Wildman–Crippen LogP) is 1.91. The molecule has 0 fully saturated rings. The van der Waals surface area contributed by atoms with Crippen LogP contribution in [-0.2, 0) is 16.8 Å². The lowest BCUT2D eigenvalue weighted by molar-refractivity contribution is -0.144. The van der Waals surface area contributed by atoms with Crippen LogP contribution in [0.2, 0.25) is 5.02 Å². The topological polar surface area (TPSA) is 63.3 Å². The maximum Gasteiger partial charge on any atom is 0.328 e. The summed E-state index contributed by atoms with van der Waals surface area (Å²) in [5.74, 6) is -0.981. The lowest BCUT2D eigenvalue weighted by Crippen LogP contribution is -2.47. The second-order valence-corrected chi connectivity index (χ2v) is 4.30. The molecule has 0 radical (unpaired) electrons. The van der Waals surface area contributed by atoms with E-state index in [2.05, 4.69) is 0 Å². The lowest BCUT2D eigenvalue weighted by atomic mass is 9.77. The zero-order valence-corrected chi connectivity index (χ0v) is 8.92. The van der Waals surface area contributed by atoms with Gasteiger partial charge in [0.2, 0.25) is 0 Å². The number of carboxylic acid groups (broad SMARTS) is 1. The molecule has 1 aromatic carbocycles. The Morgan fingerprint density at radius 1 is 1.53 bits per heavy atom. The second kappa shape index (κ2) is 3.51. The minimum atomic E-state index is -1.27. The molecule has 0 aromatic heterocycles. The van der Waals surface area contributed by atoms with Gasteiger partial charge in [-0.2, -0.15) is 0 Å². The van der Waals surface area contributed by atoms with Crippen LogP contribution in [0.3, 0.4) is 0 Å². The summed E-state index contributed by atoms with van der Waals surface area (Å²) in [5.41, 5.74) is 6.20. The van der Waals surface area contributed by atoms with Crippen molar-refractivity contribution in [1.82, 2.24) is 0 Å². The monoisotopic (exact) mass is 225 g/mol. The SMILES string of the molecule is NC1(C(=O)O)CCCc2c(Cl)cccc21. The minimum absolute atomic E-state index is 0.468. The van der Waals surface area contributed by atoms with Gasteiger partial charge in [0.1, 0.15) is 5.54 Å². The van der Waals surface area contributed by atoms with Crippen molar-refractivity contribution in [3.63, 3.8) is 0 Å². The molecule has 3 N–H and O–H groups in total. The summed E-state index contributed by atoms with van der Waals surface area (Å²) in [6.07, 6.45) is 2.04. The molecule has 4 heteroatoms. The van der Waals surface area contributed by atoms with Gasteiger partial charge in [-0.25, -0.2) is 4.79 Å². The fraction of sp³-hybridized carbons (Fsp3) is 0.364. The fourth-order valence-electron chi connectivity index (χ4n) is 2.13. The van der Waals surface area contributed by atoms with Gasteiger partial charge in [0.15, 0.2) is 0 Å². The third-order valence-corrected chi connectivity index (χ3v) is 3.33. The van der Waals surface area contributed by atoms with E-state index in [-0.39, 0.29) is 0 Å². The minimum Gasteiger partial charge on any atom is -0.480 e. The van der Waals surface area contributed by atoms with Crippen LogP contribution in [0.15, 0.2) is 18.2 Å². The average Bonchev–Trinajstić information content (AvgIpc) is 2.20. The molecule has 1 aliphatic rings. The maximum atomic E-state index is 11.2. The van der Waals surface area contributed by atoms with Crippen LogP contribution in [0.1, 0.15) is 24.0 Å². The largest absolute Gasteiger partial charge is 0.480 e. The number of carbonyl (C=O) groups is 1. The van der Waals surface area contributed by atoms with Gasteiger partial charge in [-0.15, -0.1) is 0 Å². The molecule has 0 spiro atoms. The van der Waals surface area contributed by atoms with E-state index in [9.17, 15) is 4.79 Å². The first-order valence-corrected chi connectivity index (χ1v) is 5.23. The smallest absolute Gasteiger partial charge is 0.328 e. The molecule has 1 atom stereocenters. The van der Waals surface area contributed by atoms with Gasteiger partial charge in [-0.3, -0.25) is 0 Å². The molecule has 0 aliphatic heterocycles. The number of carboxylic acids is 1. The highest BCUT2D eigenvalue weighted by Crippen LogP contribution is 2.36. The highest BCUT2D eigenvalue weighted by Gasteiger charge is 2.40. The molecule has 3 nitrogen and oxygen atoms in total. The quantitative estimate of drug-likeness (QED) is 0.768. The van der Waals surface area contributed by atoms with Crippen molar-refractivity contribution in [3.05, 3.63) is 34.3 Å². The van der Waals surface area contributed by atoms with Crippen LogP contribution in [0, 0.1) is 0 Å². The van der Waals surface area contributed by atoms with E-state index in [1.807, 2.05) is 0 Å². The number of benzene rings is 1. The summed E-state index contributed by atoms with van der Waals surface area (Å²) in [5, 5.41) is 9.78. The third kappa shape index (κ3) is 1.52. The van der Waals surface area contributed by atoms with Gasteiger partial charge in [-0.1, -0.05) is 23.7 Å². The van der Waals surface area contributed by atoms with E-state index >= 15 is 0 Å². The zero-order valence-electron chi connectivity index (χ0n) is 8.16. The van der Waals surface area contributed by atoms with Gasteiger partial charge in [-0.05, 0) is 36.5 Å². The summed E-state index contributed by atoms with van der Waals surface area (Å²) >= 11 is 6.03. The first-order valence-electron chi connectivity index (χ1n) is 4.86. The van der Waals surface area contributed by atoms with Crippen LogP contribution in [-0.4, -0.2) is 11.1 Å². The van der Waals surface area contributed by atoms with Crippen LogP contribution >= 0.6 is 11.6 Å². The molecule has 0 bridgehead atoms. The molecule has 1 unspecified atom stereocenters. The summed E-state index contributed by atoms with van der Waals surface area (Å²) in [4.78, 5) is 11.2. The molecule has 0 heterocycles.